The Kier molecular flexibility index (Phi) is 4.52. The van der Waals surface area contributed by atoms with Crippen LogP contribution >= 0.6 is 0 Å². The summed E-state index contributed by atoms with van der Waals surface area (Å²) in [5.74, 6) is -0.244. The number of pyridine rings is 1. The number of nitrogens with one attached hydrogen (secondary N) is 2. The minimum Gasteiger partial charge on any atom is -0.345 e. The van der Waals surface area contributed by atoms with Crippen molar-refractivity contribution in [2.75, 3.05) is 0 Å². The second kappa shape index (κ2) is 6.76. The van der Waals surface area contributed by atoms with E-state index in [4.69, 9.17) is 0 Å². The van der Waals surface area contributed by atoms with Crippen LogP contribution in [0.2, 0.25) is 0 Å². The Morgan fingerprint density at radius 1 is 1.16 bits per heavy atom. The molecule has 1 atom stereocenters. The number of benzene rings is 1. The van der Waals surface area contributed by atoms with Crippen LogP contribution in [0.1, 0.15) is 40.1 Å². The number of rotatable bonds is 4. The molecule has 0 radical (unpaired) electrons. The van der Waals surface area contributed by atoms with Crippen molar-refractivity contribution in [3.8, 4) is 5.69 Å². The molecule has 0 bridgehead atoms. The lowest BCUT2D eigenvalue weighted by Crippen LogP contribution is -2.27. The Bertz CT molecular complexity index is 934. The van der Waals surface area contributed by atoms with E-state index in [0.717, 1.165) is 16.9 Å². The molecule has 0 aliphatic rings. The van der Waals surface area contributed by atoms with Crippen molar-refractivity contribution in [3.05, 3.63) is 81.5 Å². The van der Waals surface area contributed by atoms with Crippen LogP contribution < -0.4 is 10.9 Å². The zero-order valence-corrected chi connectivity index (χ0v) is 14.4. The number of aromatic nitrogens is 3. The normalized spacial score (nSPS) is 12.0. The summed E-state index contributed by atoms with van der Waals surface area (Å²) in [7, 11) is 0. The maximum absolute atomic E-state index is 12.3. The van der Waals surface area contributed by atoms with Crippen LogP contribution in [0.25, 0.3) is 5.69 Å². The minimum atomic E-state index is -0.244. The van der Waals surface area contributed by atoms with Gasteiger partial charge in [-0.05, 0) is 39.0 Å². The van der Waals surface area contributed by atoms with Gasteiger partial charge >= 0.3 is 0 Å². The van der Waals surface area contributed by atoms with E-state index in [1.807, 2.05) is 49.7 Å². The van der Waals surface area contributed by atoms with Gasteiger partial charge in [-0.25, -0.2) is 4.68 Å². The van der Waals surface area contributed by atoms with E-state index in [1.54, 1.807) is 6.20 Å². The Hall–Kier alpha value is -3.15. The fourth-order valence-corrected chi connectivity index (χ4v) is 2.70. The Morgan fingerprint density at radius 2 is 1.88 bits per heavy atom. The van der Waals surface area contributed by atoms with E-state index < -0.39 is 0 Å². The Morgan fingerprint density at radius 3 is 2.52 bits per heavy atom. The van der Waals surface area contributed by atoms with Gasteiger partial charge in [0.1, 0.15) is 0 Å². The van der Waals surface area contributed by atoms with Crippen LogP contribution in [-0.2, 0) is 0 Å². The lowest BCUT2D eigenvalue weighted by molar-refractivity contribution is 0.0939. The third-order valence-corrected chi connectivity index (χ3v) is 4.19. The average molecular weight is 336 g/mol. The highest BCUT2D eigenvalue weighted by atomic mass is 16.2. The molecule has 2 N–H and O–H groups in total. The Labute approximate surface area is 145 Å². The van der Waals surface area contributed by atoms with Crippen molar-refractivity contribution in [1.29, 1.82) is 0 Å². The molecule has 0 saturated heterocycles. The topological polar surface area (TPSA) is 79.8 Å². The second-order valence-electron chi connectivity index (χ2n) is 6.07. The highest BCUT2D eigenvalue weighted by molar-refractivity contribution is 5.94. The van der Waals surface area contributed by atoms with Crippen molar-refractivity contribution in [2.24, 2.45) is 0 Å². The second-order valence-corrected chi connectivity index (χ2v) is 6.07. The van der Waals surface area contributed by atoms with Gasteiger partial charge in [-0.15, -0.1) is 0 Å². The monoisotopic (exact) mass is 336 g/mol. The SMILES string of the molecule is Cc1ccc(-n2ncc([C@H](C)NC(=O)c3ccc(=O)[nH]c3)c2C)cc1. The van der Waals surface area contributed by atoms with Gasteiger partial charge in [-0.2, -0.15) is 5.10 Å². The standard InChI is InChI=1S/C19H20N4O2/c1-12-4-7-16(8-5-12)23-14(3)17(11-21-23)13(2)22-19(25)15-6-9-18(24)20-10-15/h4-11,13H,1-3H3,(H,20,24)(H,22,25)/t13-/m0/s1. The van der Waals surface area contributed by atoms with E-state index in [1.165, 1.54) is 23.9 Å². The highest BCUT2D eigenvalue weighted by Gasteiger charge is 2.17. The number of aryl methyl sites for hydroxylation is 1. The smallest absolute Gasteiger partial charge is 0.253 e. The van der Waals surface area contributed by atoms with Crippen molar-refractivity contribution in [3.63, 3.8) is 0 Å². The van der Waals surface area contributed by atoms with Gasteiger partial charge in [0.15, 0.2) is 0 Å². The summed E-state index contributed by atoms with van der Waals surface area (Å²) < 4.78 is 1.86. The summed E-state index contributed by atoms with van der Waals surface area (Å²) in [6, 6.07) is 10.7. The minimum absolute atomic E-state index is 0.210. The maximum atomic E-state index is 12.3. The predicted molar refractivity (Wildman–Crippen MR) is 96.0 cm³/mol. The number of hydrogen-bond donors (Lipinski definition) is 2. The predicted octanol–water partition coefficient (Wildman–Crippen LogP) is 2.67. The Balaban J connectivity index is 1.80. The molecule has 0 aliphatic carbocycles. The number of H-pyrrole nitrogens is 1. The zero-order chi connectivity index (χ0) is 18.0. The van der Waals surface area contributed by atoms with Crippen LogP contribution in [0.5, 0.6) is 0 Å². The van der Waals surface area contributed by atoms with E-state index in [0.29, 0.717) is 5.56 Å². The van der Waals surface area contributed by atoms with Crippen molar-refractivity contribution in [1.82, 2.24) is 20.1 Å². The van der Waals surface area contributed by atoms with Gasteiger partial charge in [0.2, 0.25) is 5.56 Å². The van der Waals surface area contributed by atoms with Crippen LogP contribution in [0.4, 0.5) is 0 Å². The lowest BCUT2D eigenvalue weighted by atomic mass is 10.1. The number of carbonyl (C=O) groups is 1. The van der Waals surface area contributed by atoms with Crippen LogP contribution in [0.15, 0.2) is 53.6 Å². The van der Waals surface area contributed by atoms with Crippen LogP contribution in [0.3, 0.4) is 0 Å². The number of aromatic amines is 1. The summed E-state index contributed by atoms with van der Waals surface area (Å²) in [5, 5.41) is 7.38. The molecule has 3 aromatic rings. The molecule has 1 amide bonds. The summed E-state index contributed by atoms with van der Waals surface area (Å²) in [6.45, 7) is 5.93. The first-order valence-electron chi connectivity index (χ1n) is 8.07. The maximum Gasteiger partial charge on any atom is 0.253 e. The first-order valence-corrected chi connectivity index (χ1v) is 8.07. The molecule has 2 heterocycles. The quantitative estimate of drug-likeness (QED) is 0.769. The molecule has 1 aromatic carbocycles. The fraction of sp³-hybridized carbons (Fsp3) is 0.211. The van der Waals surface area contributed by atoms with E-state index in [-0.39, 0.29) is 17.5 Å². The molecule has 0 spiro atoms. The number of carbonyl (C=O) groups excluding carboxylic acids is 1. The van der Waals surface area contributed by atoms with Crippen molar-refractivity contribution in [2.45, 2.75) is 26.8 Å². The summed E-state index contributed by atoms with van der Waals surface area (Å²) in [5.41, 5.74) is 4.26. The molecule has 0 aliphatic heterocycles. The molecule has 0 saturated carbocycles. The third kappa shape index (κ3) is 3.52. The zero-order valence-electron chi connectivity index (χ0n) is 14.4. The average Bonchev–Trinajstić information content (AvgIpc) is 2.98. The highest BCUT2D eigenvalue weighted by Crippen LogP contribution is 2.20. The first-order chi connectivity index (χ1) is 12.0. The molecular formula is C19H20N4O2. The van der Waals surface area contributed by atoms with Crippen molar-refractivity contribution < 1.29 is 4.79 Å². The van der Waals surface area contributed by atoms with Crippen LogP contribution in [-0.4, -0.2) is 20.7 Å². The molecule has 128 valence electrons. The third-order valence-electron chi connectivity index (χ3n) is 4.19. The molecule has 0 fully saturated rings. The largest absolute Gasteiger partial charge is 0.345 e. The van der Waals surface area contributed by atoms with E-state index in [2.05, 4.69) is 15.4 Å². The van der Waals surface area contributed by atoms with Gasteiger partial charge < -0.3 is 10.3 Å². The van der Waals surface area contributed by atoms with Gasteiger partial charge in [0.25, 0.3) is 5.91 Å². The molecular weight excluding hydrogens is 316 g/mol. The van der Waals surface area contributed by atoms with Gasteiger partial charge in [0.05, 0.1) is 23.5 Å². The first kappa shape index (κ1) is 16.7. The summed E-state index contributed by atoms with van der Waals surface area (Å²) >= 11 is 0. The molecule has 6 heteroatoms. The number of amides is 1. The molecule has 0 unspecified atom stereocenters. The summed E-state index contributed by atoms with van der Waals surface area (Å²) in [4.78, 5) is 25.9. The molecule has 3 rings (SSSR count). The van der Waals surface area contributed by atoms with Gasteiger partial charge in [-0.1, -0.05) is 17.7 Å². The lowest BCUT2D eigenvalue weighted by Gasteiger charge is -2.14. The fourth-order valence-electron chi connectivity index (χ4n) is 2.70. The van der Waals surface area contributed by atoms with Gasteiger partial charge in [-0.3, -0.25) is 9.59 Å². The molecule has 6 nitrogen and oxygen atoms in total. The molecule has 2 aromatic heterocycles. The van der Waals surface area contributed by atoms with Crippen LogP contribution in [0, 0.1) is 13.8 Å². The molecule has 25 heavy (non-hydrogen) atoms. The number of hydrogen-bond acceptors (Lipinski definition) is 3. The van der Waals surface area contributed by atoms with Crippen molar-refractivity contribution >= 4 is 5.91 Å². The van der Waals surface area contributed by atoms with E-state index >= 15 is 0 Å². The van der Waals surface area contributed by atoms with E-state index in [9.17, 15) is 9.59 Å². The number of nitrogens with zero attached hydrogens (tertiary/aromatic N) is 2. The summed E-state index contributed by atoms with van der Waals surface area (Å²) in [6.07, 6.45) is 3.18. The van der Waals surface area contributed by atoms with Gasteiger partial charge in [0, 0.05) is 23.5 Å².